The van der Waals surface area contributed by atoms with Crippen molar-refractivity contribution in [3.8, 4) is 5.75 Å². The van der Waals surface area contributed by atoms with Gasteiger partial charge < -0.3 is 20.7 Å². The number of benzene rings is 2. The van der Waals surface area contributed by atoms with E-state index >= 15 is 0 Å². The lowest BCUT2D eigenvalue weighted by Crippen LogP contribution is -2.27. The smallest absolute Gasteiger partial charge is 0.227 e. The number of ether oxygens (including phenoxy) is 1. The van der Waals surface area contributed by atoms with Crippen molar-refractivity contribution in [2.24, 2.45) is 11.8 Å². The lowest BCUT2D eigenvalue weighted by Gasteiger charge is -2.27. The largest absolute Gasteiger partial charge is 0.496 e. The number of carbonyl (C=O) groups excluding carboxylic acids is 2. The Kier molecular flexibility index (Phi) is 13.1. The summed E-state index contributed by atoms with van der Waals surface area (Å²) in [5.74, 6) is 2.08. The highest BCUT2D eigenvalue weighted by molar-refractivity contribution is 9.10. The maximum absolute atomic E-state index is 12.3. The molecule has 0 radical (unpaired) electrons. The molecule has 0 bridgehead atoms. The van der Waals surface area contributed by atoms with Crippen LogP contribution in [0.2, 0.25) is 0 Å². The van der Waals surface area contributed by atoms with Gasteiger partial charge >= 0.3 is 0 Å². The average Bonchev–Trinajstić information content (AvgIpc) is 2.90. The Morgan fingerprint density at radius 2 is 1.73 bits per heavy atom. The van der Waals surface area contributed by atoms with Crippen LogP contribution < -0.4 is 20.7 Å². The van der Waals surface area contributed by atoms with Crippen LogP contribution in [-0.2, 0) is 11.2 Å². The van der Waals surface area contributed by atoms with Crippen LogP contribution in [0, 0.1) is 18.8 Å². The normalized spacial score (nSPS) is 16.8. The summed E-state index contributed by atoms with van der Waals surface area (Å²) < 4.78 is 6.29. The Morgan fingerprint density at radius 3 is 2.30 bits per heavy atom. The zero-order valence-electron chi connectivity index (χ0n) is 23.3. The molecule has 3 rings (SSSR count). The molecule has 2 aromatic rings. The summed E-state index contributed by atoms with van der Waals surface area (Å²) in [5.41, 5.74) is 4.77. The molecule has 1 amide bonds. The molecular formula is C30H44BrN3O3. The first-order chi connectivity index (χ1) is 17.7. The van der Waals surface area contributed by atoms with Crippen LogP contribution in [-0.4, -0.2) is 38.9 Å². The first kappa shape index (κ1) is 30.8. The second kappa shape index (κ2) is 15.8. The second-order valence-corrected chi connectivity index (χ2v) is 10.6. The van der Waals surface area contributed by atoms with Gasteiger partial charge in [0.25, 0.3) is 0 Å². The number of amides is 1. The monoisotopic (exact) mass is 573 g/mol. The van der Waals surface area contributed by atoms with Gasteiger partial charge in [0.2, 0.25) is 5.91 Å². The molecule has 204 valence electrons. The summed E-state index contributed by atoms with van der Waals surface area (Å²) in [5, 5.41) is 9.39. The van der Waals surface area contributed by atoms with Gasteiger partial charge in [0.15, 0.2) is 5.78 Å². The van der Waals surface area contributed by atoms with Gasteiger partial charge in [-0.3, -0.25) is 9.59 Å². The van der Waals surface area contributed by atoms with Crippen LogP contribution in [0.15, 0.2) is 34.8 Å². The molecule has 1 aliphatic carbocycles. The van der Waals surface area contributed by atoms with E-state index in [0.29, 0.717) is 0 Å². The number of rotatable bonds is 10. The van der Waals surface area contributed by atoms with E-state index in [4.69, 9.17) is 4.74 Å². The third kappa shape index (κ3) is 9.46. The number of carbonyl (C=O) groups is 2. The van der Waals surface area contributed by atoms with Gasteiger partial charge in [0, 0.05) is 46.5 Å². The molecule has 0 unspecified atom stereocenters. The van der Waals surface area contributed by atoms with Crippen molar-refractivity contribution in [1.82, 2.24) is 5.32 Å². The highest BCUT2D eigenvalue weighted by Gasteiger charge is 2.25. The van der Waals surface area contributed by atoms with Crippen molar-refractivity contribution in [3.05, 3.63) is 51.5 Å². The van der Waals surface area contributed by atoms with Crippen molar-refractivity contribution >= 4 is 39.0 Å². The summed E-state index contributed by atoms with van der Waals surface area (Å²) in [6.45, 7) is 9.63. The van der Waals surface area contributed by atoms with Gasteiger partial charge in [-0.25, -0.2) is 0 Å². The van der Waals surface area contributed by atoms with E-state index in [1.165, 1.54) is 19.3 Å². The van der Waals surface area contributed by atoms with Gasteiger partial charge in [-0.2, -0.15) is 0 Å². The number of anilines is 2. The maximum Gasteiger partial charge on any atom is 0.227 e. The summed E-state index contributed by atoms with van der Waals surface area (Å²) in [6.07, 6.45) is 6.51. The lowest BCUT2D eigenvalue weighted by atomic mass is 9.80. The van der Waals surface area contributed by atoms with Crippen LogP contribution in [0.25, 0.3) is 0 Å². The molecule has 7 heteroatoms. The first-order valence-electron chi connectivity index (χ1n) is 13.4. The molecule has 3 N–H and O–H groups in total. The lowest BCUT2D eigenvalue weighted by molar-refractivity contribution is -0.121. The fourth-order valence-electron chi connectivity index (χ4n) is 4.72. The number of Topliss-reactive ketones (excluding diaryl/α,β-unsaturated/α-hetero) is 1. The molecule has 37 heavy (non-hydrogen) atoms. The molecule has 6 nitrogen and oxygen atoms in total. The molecule has 1 fully saturated rings. The van der Waals surface area contributed by atoms with E-state index in [9.17, 15) is 9.59 Å². The minimum atomic E-state index is 0.111. The number of nitrogens with one attached hydrogen (secondary N) is 3. The quantitative estimate of drug-likeness (QED) is 0.210. The Balaban J connectivity index is 0.000000264. The number of hydrogen-bond donors (Lipinski definition) is 3. The minimum absolute atomic E-state index is 0.111. The molecule has 0 aliphatic heterocycles. The summed E-state index contributed by atoms with van der Waals surface area (Å²) in [6, 6.07) is 9.77. The predicted octanol–water partition coefficient (Wildman–Crippen LogP) is 7.00. The highest BCUT2D eigenvalue weighted by Crippen LogP contribution is 2.32. The zero-order chi connectivity index (χ0) is 27.4. The average molecular weight is 575 g/mol. The van der Waals surface area contributed by atoms with E-state index in [0.717, 1.165) is 76.6 Å². The minimum Gasteiger partial charge on any atom is -0.496 e. The number of methoxy groups -OCH3 is 1. The van der Waals surface area contributed by atoms with Crippen LogP contribution >= 0.6 is 15.9 Å². The topological polar surface area (TPSA) is 79.5 Å². The Hall–Kier alpha value is -2.38. The molecule has 0 aromatic heterocycles. The van der Waals surface area contributed by atoms with E-state index < -0.39 is 0 Å². The fourth-order valence-corrected chi connectivity index (χ4v) is 5.46. The van der Waals surface area contributed by atoms with Crippen molar-refractivity contribution in [2.45, 2.75) is 66.2 Å². The van der Waals surface area contributed by atoms with Crippen LogP contribution in [0.4, 0.5) is 11.4 Å². The van der Waals surface area contributed by atoms with Gasteiger partial charge in [-0.15, -0.1) is 0 Å². The summed E-state index contributed by atoms with van der Waals surface area (Å²) in [4.78, 5) is 23.9. The van der Waals surface area contributed by atoms with Crippen molar-refractivity contribution in [2.75, 3.05) is 37.9 Å². The van der Waals surface area contributed by atoms with Crippen LogP contribution in [0.3, 0.4) is 0 Å². The Bertz CT molecular complexity index is 1030. The third-order valence-electron chi connectivity index (χ3n) is 7.10. The molecule has 0 atom stereocenters. The van der Waals surface area contributed by atoms with Gasteiger partial charge in [0.05, 0.1) is 7.11 Å². The van der Waals surface area contributed by atoms with E-state index in [1.807, 2.05) is 44.3 Å². The molecule has 0 heterocycles. The maximum atomic E-state index is 12.3. The third-order valence-corrected chi connectivity index (χ3v) is 7.81. The van der Waals surface area contributed by atoms with E-state index in [-0.39, 0.29) is 17.6 Å². The number of likely N-dealkylation sites (N-methyl/N-ethyl adjacent to an activating group) is 1. The zero-order valence-corrected chi connectivity index (χ0v) is 24.9. The van der Waals surface area contributed by atoms with E-state index in [2.05, 4.69) is 45.7 Å². The highest BCUT2D eigenvalue weighted by atomic mass is 79.9. The fraction of sp³-hybridized carbons (Fsp3) is 0.533. The molecule has 1 saturated carbocycles. The molecule has 2 aromatic carbocycles. The van der Waals surface area contributed by atoms with Crippen LogP contribution in [0.1, 0.15) is 74.4 Å². The predicted molar refractivity (Wildman–Crippen MR) is 158 cm³/mol. The summed E-state index contributed by atoms with van der Waals surface area (Å²) in [7, 11) is 3.57. The number of halogens is 1. The summed E-state index contributed by atoms with van der Waals surface area (Å²) >= 11 is 3.53. The molecular weight excluding hydrogens is 530 g/mol. The Labute approximate surface area is 231 Å². The van der Waals surface area contributed by atoms with Crippen molar-refractivity contribution in [3.63, 3.8) is 0 Å². The number of aryl methyl sites for hydroxylation is 1. The standard InChI is InChI=1S/C17H25NO2.C13H19BrN2O/c1-4-13-6-8-14(9-7-13)17(19)18-15-10-5-12(2)16(11-15)20-3;1-4-11-12(9(2)17)7-10(8-13(11)14)16-6-5-15-3/h5,10-11,13-14H,4,6-9H2,1-3H3,(H,18,19);7-8,15-16H,4-6H2,1-3H3. The van der Waals surface area contributed by atoms with Gasteiger partial charge in [-0.05, 0) is 88.2 Å². The molecule has 0 saturated heterocycles. The van der Waals surface area contributed by atoms with Gasteiger partial charge in [-0.1, -0.05) is 42.3 Å². The second-order valence-electron chi connectivity index (χ2n) is 9.72. The van der Waals surface area contributed by atoms with Gasteiger partial charge in [0.1, 0.15) is 5.75 Å². The van der Waals surface area contributed by atoms with Crippen molar-refractivity contribution < 1.29 is 14.3 Å². The number of hydrogen-bond acceptors (Lipinski definition) is 5. The first-order valence-corrected chi connectivity index (χ1v) is 14.2. The van der Waals surface area contributed by atoms with Crippen LogP contribution in [0.5, 0.6) is 5.75 Å². The Morgan fingerprint density at radius 1 is 1.03 bits per heavy atom. The van der Waals surface area contributed by atoms with E-state index in [1.54, 1.807) is 14.0 Å². The number of ketones is 1. The SMILES string of the molecule is CCC1CCC(C(=O)Nc2ccc(C)c(OC)c2)CC1.CCc1c(Br)cc(NCCNC)cc1C(C)=O. The molecule has 1 aliphatic rings. The van der Waals surface area contributed by atoms with Crippen molar-refractivity contribution in [1.29, 1.82) is 0 Å². The molecule has 0 spiro atoms.